The highest BCUT2D eigenvalue weighted by molar-refractivity contribution is 5.66. The Bertz CT molecular complexity index is 693. The maximum atomic E-state index is 10.5. The Morgan fingerprint density at radius 2 is 2.04 bits per heavy atom. The summed E-state index contributed by atoms with van der Waals surface area (Å²) in [5, 5.41) is 8.68. The Hall–Kier alpha value is -2.60. The normalized spacial score (nSPS) is 11.5. The van der Waals surface area contributed by atoms with Crippen LogP contribution in [-0.4, -0.2) is 34.3 Å². The first-order chi connectivity index (χ1) is 13.2. The van der Waals surface area contributed by atoms with Crippen molar-refractivity contribution in [1.82, 2.24) is 9.55 Å². The van der Waals surface area contributed by atoms with Gasteiger partial charge >= 0.3 is 5.97 Å². The molecule has 0 amide bonds. The Labute approximate surface area is 160 Å². The molecule has 0 spiro atoms. The number of benzene rings is 1. The molecule has 1 heterocycles. The van der Waals surface area contributed by atoms with Gasteiger partial charge in [-0.25, -0.2) is 4.98 Å². The van der Waals surface area contributed by atoms with Crippen molar-refractivity contribution in [1.29, 1.82) is 0 Å². The lowest BCUT2D eigenvalue weighted by Gasteiger charge is -2.11. The second-order valence-electron chi connectivity index (χ2n) is 6.43. The van der Waals surface area contributed by atoms with E-state index in [-0.39, 0.29) is 6.42 Å². The molecule has 6 nitrogen and oxygen atoms in total. The van der Waals surface area contributed by atoms with Gasteiger partial charge in [0.15, 0.2) is 0 Å². The van der Waals surface area contributed by atoms with E-state index in [0.717, 1.165) is 43.5 Å². The van der Waals surface area contributed by atoms with Gasteiger partial charge in [-0.1, -0.05) is 24.6 Å². The van der Waals surface area contributed by atoms with Crippen molar-refractivity contribution in [3.8, 4) is 5.75 Å². The zero-order valence-electron chi connectivity index (χ0n) is 15.8. The number of aliphatic carboxylic acids is 1. The number of imidazole rings is 1. The highest BCUT2D eigenvalue weighted by Crippen LogP contribution is 2.13. The summed E-state index contributed by atoms with van der Waals surface area (Å²) in [7, 11) is 1.65. The molecule has 0 atom stereocenters. The van der Waals surface area contributed by atoms with Gasteiger partial charge in [0, 0.05) is 25.4 Å². The average Bonchev–Trinajstić information content (AvgIpc) is 3.17. The topological polar surface area (TPSA) is 73.6 Å². The van der Waals surface area contributed by atoms with Crippen LogP contribution in [0.15, 0.2) is 54.6 Å². The summed E-state index contributed by atoms with van der Waals surface area (Å²) in [5.74, 6) is 0.112. The molecule has 0 bridgehead atoms. The second-order valence-corrected chi connectivity index (χ2v) is 6.43. The molecule has 6 heteroatoms. The van der Waals surface area contributed by atoms with E-state index in [0.29, 0.717) is 13.2 Å². The lowest BCUT2D eigenvalue weighted by Crippen LogP contribution is -2.06. The summed E-state index contributed by atoms with van der Waals surface area (Å²) in [6.07, 6.45) is 11.5. The zero-order chi connectivity index (χ0) is 19.3. The largest absolute Gasteiger partial charge is 0.497 e. The van der Waals surface area contributed by atoms with Gasteiger partial charge in [-0.05, 0) is 42.5 Å². The minimum absolute atomic E-state index is 0.247. The molecule has 1 aromatic heterocycles. The van der Waals surface area contributed by atoms with E-state index < -0.39 is 5.97 Å². The molecule has 146 valence electrons. The van der Waals surface area contributed by atoms with Crippen LogP contribution in [0.2, 0.25) is 0 Å². The molecule has 0 aliphatic heterocycles. The summed E-state index contributed by atoms with van der Waals surface area (Å²) in [6.45, 7) is 1.85. The van der Waals surface area contributed by atoms with Crippen LogP contribution >= 0.6 is 0 Å². The average molecular weight is 372 g/mol. The second kappa shape index (κ2) is 11.9. The summed E-state index contributed by atoms with van der Waals surface area (Å²) in [6, 6.07) is 7.86. The molecule has 0 fully saturated rings. The number of aromatic nitrogens is 2. The van der Waals surface area contributed by atoms with Crippen LogP contribution in [0, 0.1) is 0 Å². The van der Waals surface area contributed by atoms with Crippen LogP contribution < -0.4 is 4.74 Å². The van der Waals surface area contributed by atoms with E-state index >= 15 is 0 Å². The predicted octanol–water partition coefficient (Wildman–Crippen LogP) is 4.07. The van der Waals surface area contributed by atoms with Crippen LogP contribution in [-0.2, 0) is 22.7 Å². The smallest absolute Gasteiger partial charge is 0.303 e. The van der Waals surface area contributed by atoms with Crippen molar-refractivity contribution in [2.75, 3.05) is 13.7 Å². The number of nitrogens with zero attached hydrogens (tertiary/aromatic N) is 2. The molecular weight excluding hydrogens is 344 g/mol. The molecule has 0 saturated heterocycles. The van der Waals surface area contributed by atoms with E-state index in [1.54, 1.807) is 19.6 Å². The number of allylic oxidation sites excluding steroid dienone is 1. The number of hydrogen-bond donors (Lipinski definition) is 1. The molecule has 27 heavy (non-hydrogen) atoms. The maximum Gasteiger partial charge on any atom is 0.303 e. The van der Waals surface area contributed by atoms with Gasteiger partial charge in [-0.15, -0.1) is 0 Å². The van der Waals surface area contributed by atoms with Crippen LogP contribution in [0.25, 0.3) is 0 Å². The van der Waals surface area contributed by atoms with Gasteiger partial charge in [0.25, 0.3) is 0 Å². The molecule has 2 aromatic rings. The van der Waals surface area contributed by atoms with Crippen molar-refractivity contribution < 1.29 is 19.4 Å². The first-order valence-electron chi connectivity index (χ1n) is 9.23. The minimum Gasteiger partial charge on any atom is -0.497 e. The number of hydrogen-bond acceptors (Lipinski definition) is 4. The fraction of sp³-hybridized carbons (Fsp3) is 0.429. The van der Waals surface area contributed by atoms with E-state index in [9.17, 15) is 4.79 Å². The summed E-state index contributed by atoms with van der Waals surface area (Å²) in [4.78, 5) is 14.6. The maximum absolute atomic E-state index is 10.5. The van der Waals surface area contributed by atoms with Gasteiger partial charge in [-0.3, -0.25) is 4.79 Å². The van der Waals surface area contributed by atoms with Gasteiger partial charge in [-0.2, -0.15) is 0 Å². The van der Waals surface area contributed by atoms with Crippen molar-refractivity contribution in [2.45, 2.75) is 45.3 Å². The molecule has 0 aliphatic rings. The predicted molar refractivity (Wildman–Crippen MR) is 104 cm³/mol. The number of rotatable bonds is 13. The summed E-state index contributed by atoms with van der Waals surface area (Å²) in [5.41, 5.74) is 2.30. The third-order valence-electron chi connectivity index (χ3n) is 4.19. The molecule has 0 aliphatic carbocycles. The standard InChI is InChI=1S/C21H28N2O4/c1-26-20-10-8-18(9-11-20)15-27-16-19(14-23-13-12-22-17-23)6-4-2-3-5-7-21(24)25/h6,8-13,17H,2-5,7,14-16H2,1H3,(H,24,25)/b19-6-. The third-order valence-corrected chi connectivity index (χ3v) is 4.19. The van der Waals surface area contributed by atoms with Crippen LogP contribution in [0.3, 0.4) is 0 Å². The monoisotopic (exact) mass is 372 g/mol. The van der Waals surface area contributed by atoms with Crippen molar-refractivity contribution in [2.24, 2.45) is 0 Å². The van der Waals surface area contributed by atoms with E-state index in [4.69, 9.17) is 14.6 Å². The number of methoxy groups -OCH3 is 1. The van der Waals surface area contributed by atoms with Crippen molar-refractivity contribution >= 4 is 5.97 Å². The Morgan fingerprint density at radius 3 is 2.70 bits per heavy atom. The number of carboxylic acid groups (broad SMARTS) is 1. The van der Waals surface area contributed by atoms with Gasteiger partial charge in [0.1, 0.15) is 5.75 Å². The van der Waals surface area contributed by atoms with Gasteiger partial charge in [0.05, 0.1) is 26.7 Å². The zero-order valence-corrected chi connectivity index (χ0v) is 15.8. The van der Waals surface area contributed by atoms with Crippen molar-refractivity contribution in [3.05, 3.63) is 60.2 Å². The molecular formula is C21H28N2O4. The minimum atomic E-state index is -0.724. The lowest BCUT2D eigenvalue weighted by molar-refractivity contribution is -0.137. The Morgan fingerprint density at radius 1 is 1.22 bits per heavy atom. The van der Waals surface area contributed by atoms with E-state index in [1.807, 2.05) is 35.0 Å². The fourth-order valence-electron chi connectivity index (χ4n) is 2.71. The summed E-state index contributed by atoms with van der Waals surface area (Å²) < 4.78 is 13.1. The molecule has 1 aromatic carbocycles. The van der Waals surface area contributed by atoms with E-state index in [2.05, 4.69) is 11.1 Å². The first kappa shape index (κ1) is 20.7. The van der Waals surface area contributed by atoms with Gasteiger partial charge in [0.2, 0.25) is 0 Å². The fourth-order valence-corrected chi connectivity index (χ4v) is 2.71. The molecule has 0 saturated carbocycles. The number of unbranched alkanes of at least 4 members (excludes halogenated alkanes) is 3. The highest BCUT2D eigenvalue weighted by Gasteiger charge is 2.02. The van der Waals surface area contributed by atoms with Crippen LogP contribution in [0.5, 0.6) is 5.75 Å². The van der Waals surface area contributed by atoms with E-state index in [1.165, 1.54) is 5.57 Å². The Balaban J connectivity index is 1.79. The van der Waals surface area contributed by atoms with Gasteiger partial charge < -0.3 is 19.1 Å². The third kappa shape index (κ3) is 8.55. The SMILES string of the molecule is COc1ccc(COC/C(=C\CCCCCC(=O)O)Cn2ccnc2)cc1. The van der Waals surface area contributed by atoms with Crippen molar-refractivity contribution in [3.63, 3.8) is 0 Å². The number of carboxylic acids is 1. The molecule has 0 radical (unpaired) electrons. The summed E-state index contributed by atoms with van der Waals surface area (Å²) >= 11 is 0. The van der Waals surface area contributed by atoms with Crippen LogP contribution in [0.4, 0.5) is 0 Å². The quantitative estimate of drug-likeness (QED) is 0.424. The van der Waals surface area contributed by atoms with Crippen LogP contribution in [0.1, 0.15) is 37.7 Å². The Kier molecular flexibility index (Phi) is 9.13. The first-order valence-corrected chi connectivity index (χ1v) is 9.23. The number of carbonyl (C=O) groups is 1. The molecule has 1 N–H and O–H groups in total. The highest BCUT2D eigenvalue weighted by atomic mass is 16.5. The molecule has 2 rings (SSSR count). The number of ether oxygens (including phenoxy) is 2. The lowest BCUT2D eigenvalue weighted by atomic mass is 10.1. The molecule has 0 unspecified atom stereocenters.